The highest BCUT2D eigenvalue weighted by atomic mass is 32.1. The summed E-state index contributed by atoms with van der Waals surface area (Å²) in [5.74, 6) is 0. The topological polar surface area (TPSA) is 45.1 Å². The van der Waals surface area contributed by atoms with Crippen molar-refractivity contribution >= 4 is 16.5 Å². The molecule has 0 unspecified atom stereocenters. The number of aromatic nitrogens is 1. The lowest BCUT2D eigenvalue weighted by molar-refractivity contribution is 0.282. The summed E-state index contributed by atoms with van der Waals surface area (Å²) >= 11 is 1.61. The number of rotatable bonds is 4. The normalized spacial score (nSPS) is 10.4. The van der Waals surface area contributed by atoms with Gasteiger partial charge >= 0.3 is 0 Å². The van der Waals surface area contributed by atoms with Gasteiger partial charge in [-0.05, 0) is 18.1 Å². The third-order valence-electron chi connectivity index (χ3n) is 2.27. The molecule has 3 nitrogen and oxygen atoms in total. The van der Waals surface area contributed by atoms with E-state index in [1.165, 1.54) is 5.56 Å². The monoisotopic (exact) mass is 234 g/mol. The summed E-state index contributed by atoms with van der Waals surface area (Å²) in [7, 11) is 0. The fourth-order valence-corrected chi connectivity index (χ4v) is 2.06. The molecule has 16 heavy (non-hydrogen) atoms. The SMILES string of the molecule is Cc1csc(NCc2ccc(CO)cc2)n1. The van der Waals surface area contributed by atoms with Crippen LogP contribution in [0.25, 0.3) is 0 Å². The highest BCUT2D eigenvalue weighted by Crippen LogP contribution is 2.15. The fourth-order valence-electron chi connectivity index (χ4n) is 1.38. The molecule has 84 valence electrons. The number of thiazole rings is 1. The molecule has 0 fully saturated rings. The van der Waals surface area contributed by atoms with E-state index in [9.17, 15) is 0 Å². The van der Waals surface area contributed by atoms with Crippen LogP contribution in [0.1, 0.15) is 16.8 Å². The number of hydrogen-bond donors (Lipinski definition) is 2. The summed E-state index contributed by atoms with van der Waals surface area (Å²) in [6.07, 6.45) is 0. The van der Waals surface area contributed by atoms with Crippen molar-refractivity contribution in [1.29, 1.82) is 0 Å². The van der Waals surface area contributed by atoms with Crippen LogP contribution in [0.2, 0.25) is 0 Å². The first-order valence-corrected chi connectivity index (χ1v) is 6.00. The molecule has 0 saturated heterocycles. The molecule has 0 atom stereocenters. The lowest BCUT2D eigenvalue weighted by atomic mass is 10.1. The summed E-state index contributed by atoms with van der Waals surface area (Å²) in [5, 5.41) is 15.2. The van der Waals surface area contributed by atoms with Gasteiger partial charge in [-0.3, -0.25) is 0 Å². The molecule has 1 aromatic carbocycles. The number of aliphatic hydroxyl groups is 1. The molecule has 1 heterocycles. The van der Waals surface area contributed by atoms with Crippen molar-refractivity contribution in [3.05, 3.63) is 46.5 Å². The van der Waals surface area contributed by atoms with E-state index < -0.39 is 0 Å². The minimum Gasteiger partial charge on any atom is -0.392 e. The van der Waals surface area contributed by atoms with Gasteiger partial charge in [-0.25, -0.2) is 4.98 Å². The van der Waals surface area contributed by atoms with E-state index in [0.29, 0.717) is 0 Å². The van der Waals surface area contributed by atoms with Gasteiger partial charge in [-0.2, -0.15) is 0 Å². The molecular formula is C12H14N2OS. The molecule has 0 saturated carbocycles. The van der Waals surface area contributed by atoms with Crippen molar-refractivity contribution < 1.29 is 5.11 Å². The van der Waals surface area contributed by atoms with E-state index in [-0.39, 0.29) is 6.61 Å². The van der Waals surface area contributed by atoms with Gasteiger partial charge in [-0.1, -0.05) is 24.3 Å². The van der Waals surface area contributed by atoms with Crippen LogP contribution in [0.3, 0.4) is 0 Å². The average Bonchev–Trinajstić information content (AvgIpc) is 2.73. The zero-order valence-corrected chi connectivity index (χ0v) is 9.92. The zero-order valence-electron chi connectivity index (χ0n) is 9.10. The summed E-state index contributed by atoms with van der Waals surface area (Å²) in [6.45, 7) is 2.84. The van der Waals surface area contributed by atoms with Crippen LogP contribution in [0.5, 0.6) is 0 Å². The minimum atomic E-state index is 0.0966. The number of nitrogens with zero attached hydrogens (tertiary/aromatic N) is 1. The first-order chi connectivity index (χ1) is 7.78. The van der Waals surface area contributed by atoms with E-state index in [0.717, 1.165) is 22.9 Å². The Morgan fingerprint density at radius 2 is 1.94 bits per heavy atom. The molecule has 0 spiro atoms. The Bertz CT molecular complexity index is 450. The van der Waals surface area contributed by atoms with Gasteiger partial charge in [0.1, 0.15) is 0 Å². The molecule has 2 rings (SSSR count). The van der Waals surface area contributed by atoms with Gasteiger partial charge < -0.3 is 10.4 Å². The first kappa shape index (κ1) is 11.1. The maximum Gasteiger partial charge on any atom is 0.183 e. The second-order valence-electron chi connectivity index (χ2n) is 3.62. The lowest BCUT2D eigenvalue weighted by Gasteiger charge is -2.03. The number of hydrogen-bond acceptors (Lipinski definition) is 4. The largest absolute Gasteiger partial charge is 0.392 e. The maximum atomic E-state index is 8.92. The standard InChI is InChI=1S/C12H14N2OS/c1-9-8-16-12(14-9)13-6-10-2-4-11(7-15)5-3-10/h2-5,8,15H,6-7H2,1H3,(H,13,14). The van der Waals surface area contributed by atoms with Crippen molar-refractivity contribution in [2.75, 3.05) is 5.32 Å². The summed E-state index contributed by atoms with van der Waals surface area (Å²) < 4.78 is 0. The third kappa shape index (κ3) is 2.81. The van der Waals surface area contributed by atoms with Gasteiger partial charge in [0.25, 0.3) is 0 Å². The number of aryl methyl sites for hydroxylation is 1. The van der Waals surface area contributed by atoms with Gasteiger partial charge in [0.15, 0.2) is 5.13 Å². The maximum absolute atomic E-state index is 8.92. The van der Waals surface area contributed by atoms with Crippen LogP contribution in [0.15, 0.2) is 29.6 Å². The van der Waals surface area contributed by atoms with Crippen LogP contribution >= 0.6 is 11.3 Å². The van der Waals surface area contributed by atoms with Gasteiger partial charge in [0.2, 0.25) is 0 Å². The second-order valence-corrected chi connectivity index (χ2v) is 4.48. The highest BCUT2D eigenvalue weighted by molar-refractivity contribution is 7.13. The van der Waals surface area contributed by atoms with Crippen LogP contribution < -0.4 is 5.32 Å². The summed E-state index contributed by atoms with van der Waals surface area (Å²) in [4.78, 5) is 4.33. The Hall–Kier alpha value is -1.39. The molecule has 0 bridgehead atoms. The van der Waals surface area contributed by atoms with Crippen LogP contribution in [-0.2, 0) is 13.2 Å². The van der Waals surface area contributed by atoms with Gasteiger partial charge in [-0.15, -0.1) is 11.3 Å². The predicted molar refractivity (Wildman–Crippen MR) is 66.5 cm³/mol. The average molecular weight is 234 g/mol. The Morgan fingerprint density at radius 1 is 1.25 bits per heavy atom. The molecule has 0 aliphatic heterocycles. The Balaban J connectivity index is 1.94. The molecule has 4 heteroatoms. The molecular weight excluding hydrogens is 220 g/mol. The highest BCUT2D eigenvalue weighted by Gasteiger charge is 1.98. The van der Waals surface area contributed by atoms with Crippen LogP contribution in [0.4, 0.5) is 5.13 Å². The van der Waals surface area contributed by atoms with Gasteiger partial charge in [0.05, 0.1) is 12.3 Å². The Kier molecular flexibility index (Phi) is 3.54. The van der Waals surface area contributed by atoms with E-state index in [1.807, 2.05) is 36.6 Å². The van der Waals surface area contributed by atoms with Crippen molar-refractivity contribution in [3.8, 4) is 0 Å². The molecule has 2 aromatic rings. The minimum absolute atomic E-state index is 0.0966. The first-order valence-electron chi connectivity index (χ1n) is 5.12. The van der Waals surface area contributed by atoms with Crippen molar-refractivity contribution in [2.24, 2.45) is 0 Å². The van der Waals surface area contributed by atoms with Crippen LogP contribution in [0, 0.1) is 6.92 Å². The Morgan fingerprint density at radius 3 is 2.50 bits per heavy atom. The molecule has 0 aliphatic rings. The van der Waals surface area contributed by atoms with Gasteiger partial charge in [0, 0.05) is 11.9 Å². The smallest absolute Gasteiger partial charge is 0.183 e. The van der Waals surface area contributed by atoms with E-state index in [2.05, 4.69) is 10.3 Å². The van der Waals surface area contributed by atoms with Crippen molar-refractivity contribution in [3.63, 3.8) is 0 Å². The van der Waals surface area contributed by atoms with E-state index >= 15 is 0 Å². The summed E-state index contributed by atoms with van der Waals surface area (Å²) in [6, 6.07) is 7.90. The molecule has 0 amide bonds. The number of benzene rings is 1. The van der Waals surface area contributed by atoms with Crippen molar-refractivity contribution in [1.82, 2.24) is 4.98 Å². The van der Waals surface area contributed by atoms with E-state index in [1.54, 1.807) is 11.3 Å². The Labute approximate surface area is 98.8 Å². The van der Waals surface area contributed by atoms with E-state index in [4.69, 9.17) is 5.11 Å². The van der Waals surface area contributed by atoms with Crippen LogP contribution in [-0.4, -0.2) is 10.1 Å². The summed E-state index contributed by atoms with van der Waals surface area (Å²) in [5.41, 5.74) is 3.17. The molecule has 1 aromatic heterocycles. The van der Waals surface area contributed by atoms with Crippen molar-refractivity contribution in [2.45, 2.75) is 20.1 Å². The molecule has 2 N–H and O–H groups in total. The molecule has 0 radical (unpaired) electrons. The fraction of sp³-hybridized carbons (Fsp3) is 0.250. The quantitative estimate of drug-likeness (QED) is 0.854. The zero-order chi connectivity index (χ0) is 11.4. The number of aliphatic hydroxyl groups excluding tert-OH is 1. The lowest BCUT2D eigenvalue weighted by Crippen LogP contribution is -1.99. The third-order valence-corrected chi connectivity index (χ3v) is 3.19. The number of nitrogens with one attached hydrogen (secondary N) is 1. The second kappa shape index (κ2) is 5.09. The predicted octanol–water partition coefficient (Wildman–Crippen LogP) is 2.56. The molecule has 0 aliphatic carbocycles. The number of anilines is 1.